The SMILES string of the molecule is CC(=O)C(Cl)c1c(CO)cccc1CC#N. The van der Waals surface area contributed by atoms with E-state index in [0.29, 0.717) is 16.7 Å². The van der Waals surface area contributed by atoms with Crippen LogP contribution < -0.4 is 0 Å². The van der Waals surface area contributed by atoms with Crippen molar-refractivity contribution in [3.05, 3.63) is 34.9 Å². The fourth-order valence-electron chi connectivity index (χ4n) is 1.57. The van der Waals surface area contributed by atoms with Crippen LogP contribution in [0.15, 0.2) is 18.2 Å². The Kier molecular flexibility index (Phi) is 4.48. The molecule has 0 radical (unpaired) electrons. The third-order valence-electron chi connectivity index (χ3n) is 2.34. The number of Topliss-reactive ketones (excluding diaryl/α,β-unsaturated/α-hetero) is 1. The second-order valence-electron chi connectivity index (χ2n) is 3.46. The number of alkyl halides is 1. The molecule has 0 fully saturated rings. The number of nitriles is 1. The van der Waals surface area contributed by atoms with Crippen molar-refractivity contribution in [2.24, 2.45) is 0 Å². The molecule has 0 saturated heterocycles. The summed E-state index contributed by atoms with van der Waals surface area (Å²) in [7, 11) is 0. The lowest BCUT2D eigenvalue weighted by Crippen LogP contribution is -2.09. The smallest absolute Gasteiger partial charge is 0.152 e. The minimum Gasteiger partial charge on any atom is -0.392 e. The zero-order valence-corrected chi connectivity index (χ0v) is 9.66. The monoisotopic (exact) mass is 237 g/mol. The molecule has 1 atom stereocenters. The van der Waals surface area contributed by atoms with Gasteiger partial charge in [0.2, 0.25) is 0 Å². The first-order valence-corrected chi connectivity index (χ1v) is 5.28. The number of rotatable bonds is 4. The minimum absolute atomic E-state index is 0.180. The number of benzene rings is 1. The predicted octanol–water partition coefficient (Wildman–Crippen LogP) is 2.11. The van der Waals surface area contributed by atoms with Crippen molar-refractivity contribution < 1.29 is 9.90 Å². The highest BCUT2D eigenvalue weighted by Crippen LogP contribution is 2.29. The zero-order valence-electron chi connectivity index (χ0n) is 8.90. The molecule has 84 valence electrons. The van der Waals surface area contributed by atoms with Crippen molar-refractivity contribution >= 4 is 17.4 Å². The van der Waals surface area contributed by atoms with Crippen molar-refractivity contribution in [3.8, 4) is 6.07 Å². The van der Waals surface area contributed by atoms with Gasteiger partial charge in [-0.3, -0.25) is 4.79 Å². The van der Waals surface area contributed by atoms with E-state index in [1.54, 1.807) is 18.2 Å². The lowest BCUT2D eigenvalue weighted by Gasteiger charge is -2.14. The van der Waals surface area contributed by atoms with Gasteiger partial charge in [0.1, 0.15) is 5.38 Å². The quantitative estimate of drug-likeness (QED) is 0.816. The first-order chi connectivity index (χ1) is 7.61. The number of aliphatic hydroxyl groups is 1. The maximum absolute atomic E-state index is 11.3. The van der Waals surface area contributed by atoms with Gasteiger partial charge in [0.25, 0.3) is 0 Å². The van der Waals surface area contributed by atoms with Crippen LogP contribution in [0.5, 0.6) is 0 Å². The maximum Gasteiger partial charge on any atom is 0.152 e. The van der Waals surface area contributed by atoms with Gasteiger partial charge in [-0.1, -0.05) is 18.2 Å². The van der Waals surface area contributed by atoms with Crippen LogP contribution >= 0.6 is 11.6 Å². The van der Waals surface area contributed by atoms with Crippen LogP contribution in [0.1, 0.15) is 29.0 Å². The summed E-state index contributed by atoms with van der Waals surface area (Å²) < 4.78 is 0. The number of halogens is 1. The highest BCUT2D eigenvalue weighted by atomic mass is 35.5. The molecule has 0 spiro atoms. The largest absolute Gasteiger partial charge is 0.392 e. The standard InChI is InChI=1S/C12H12ClNO2/c1-8(16)12(13)11-9(5-6-14)3-2-4-10(11)7-15/h2-4,12,15H,5,7H2,1H3. The zero-order chi connectivity index (χ0) is 12.1. The summed E-state index contributed by atoms with van der Waals surface area (Å²) in [5.74, 6) is -0.193. The van der Waals surface area contributed by atoms with Crippen LogP contribution in [-0.4, -0.2) is 10.9 Å². The van der Waals surface area contributed by atoms with Crippen molar-refractivity contribution in [2.45, 2.75) is 25.3 Å². The number of carbonyl (C=O) groups excluding carboxylic acids is 1. The Morgan fingerprint density at radius 3 is 2.69 bits per heavy atom. The number of hydrogen-bond acceptors (Lipinski definition) is 3. The van der Waals surface area contributed by atoms with Crippen LogP contribution in [-0.2, 0) is 17.8 Å². The molecule has 0 aliphatic rings. The molecule has 1 aromatic rings. The van der Waals surface area contributed by atoms with E-state index >= 15 is 0 Å². The molecule has 1 aromatic carbocycles. The first-order valence-electron chi connectivity index (χ1n) is 4.84. The Morgan fingerprint density at radius 1 is 1.56 bits per heavy atom. The molecular formula is C12H12ClNO2. The molecule has 1 unspecified atom stereocenters. The maximum atomic E-state index is 11.3. The van der Waals surface area contributed by atoms with Gasteiger partial charge in [-0.05, 0) is 23.6 Å². The summed E-state index contributed by atoms with van der Waals surface area (Å²) in [6.07, 6.45) is 0.180. The Hall–Kier alpha value is -1.37. The number of aliphatic hydroxyl groups excluding tert-OH is 1. The highest BCUT2D eigenvalue weighted by Gasteiger charge is 2.20. The highest BCUT2D eigenvalue weighted by molar-refractivity contribution is 6.31. The lowest BCUT2D eigenvalue weighted by molar-refractivity contribution is -0.116. The predicted molar refractivity (Wildman–Crippen MR) is 61.0 cm³/mol. The third kappa shape index (κ3) is 2.60. The van der Waals surface area contributed by atoms with Gasteiger partial charge < -0.3 is 5.11 Å². The van der Waals surface area contributed by atoms with Gasteiger partial charge in [0.15, 0.2) is 5.78 Å². The molecule has 0 bridgehead atoms. The van der Waals surface area contributed by atoms with Gasteiger partial charge in [-0.25, -0.2) is 0 Å². The number of nitrogens with zero attached hydrogens (tertiary/aromatic N) is 1. The van der Waals surface area contributed by atoms with Crippen molar-refractivity contribution in [1.82, 2.24) is 0 Å². The van der Waals surface area contributed by atoms with E-state index in [1.165, 1.54) is 6.92 Å². The van der Waals surface area contributed by atoms with Crippen molar-refractivity contribution in [2.75, 3.05) is 0 Å². The second-order valence-corrected chi connectivity index (χ2v) is 3.89. The Bertz CT molecular complexity index is 437. The summed E-state index contributed by atoms with van der Waals surface area (Å²) >= 11 is 6.00. The van der Waals surface area contributed by atoms with Crippen LogP contribution in [0.2, 0.25) is 0 Å². The molecule has 16 heavy (non-hydrogen) atoms. The van der Waals surface area contributed by atoms with Crippen LogP contribution in [0.4, 0.5) is 0 Å². The Balaban J connectivity index is 3.30. The van der Waals surface area contributed by atoms with E-state index in [2.05, 4.69) is 0 Å². The molecule has 0 aliphatic carbocycles. The molecule has 0 heterocycles. The molecule has 1 N–H and O–H groups in total. The molecule has 0 aromatic heterocycles. The van der Waals surface area contributed by atoms with Gasteiger partial charge in [-0.15, -0.1) is 11.6 Å². The summed E-state index contributed by atoms with van der Waals surface area (Å²) in [6.45, 7) is 1.20. The van der Waals surface area contributed by atoms with E-state index in [4.69, 9.17) is 16.9 Å². The molecule has 3 nitrogen and oxygen atoms in total. The molecule has 0 amide bonds. The summed E-state index contributed by atoms with van der Waals surface area (Å²) in [4.78, 5) is 11.3. The van der Waals surface area contributed by atoms with E-state index in [1.807, 2.05) is 6.07 Å². The fraction of sp³-hybridized carbons (Fsp3) is 0.333. The summed E-state index contributed by atoms with van der Waals surface area (Å²) in [6, 6.07) is 7.21. The minimum atomic E-state index is -0.799. The van der Waals surface area contributed by atoms with Crippen molar-refractivity contribution in [1.29, 1.82) is 5.26 Å². The third-order valence-corrected chi connectivity index (χ3v) is 2.86. The van der Waals surface area contributed by atoms with E-state index in [0.717, 1.165) is 0 Å². The molecule has 0 saturated carbocycles. The van der Waals surface area contributed by atoms with Crippen LogP contribution in [0, 0.1) is 11.3 Å². The summed E-state index contributed by atoms with van der Waals surface area (Å²) in [5.41, 5.74) is 1.87. The van der Waals surface area contributed by atoms with Gasteiger partial charge >= 0.3 is 0 Å². The van der Waals surface area contributed by atoms with Gasteiger partial charge in [0.05, 0.1) is 19.1 Å². The average Bonchev–Trinajstić information content (AvgIpc) is 2.28. The fourth-order valence-corrected chi connectivity index (χ4v) is 1.85. The molecular weight excluding hydrogens is 226 g/mol. The Labute approximate surface area is 99.3 Å². The van der Waals surface area contributed by atoms with Gasteiger partial charge in [-0.2, -0.15) is 5.26 Å². The molecule has 0 aliphatic heterocycles. The van der Waals surface area contributed by atoms with E-state index < -0.39 is 5.38 Å². The second kappa shape index (κ2) is 5.64. The van der Waals surface area contributed by atoms with Crippen LogP contribution in [0.3, 0.4) is 0 Å². The normalized spacial score (nSPS) is 11.9. The summed E-state index contributed by atoms with van der Waals surface area (Å²) in [5, 5.41) is 17.1. The Morgan fingerprint density at radius 2 is 2.19 bits per heavy atom. The lowest BCUT2D eigenvalue weighted by atomic mass is 9.95. The van der Waals surface area contributed by atoms with E-state index in [-0.39, 0.29) is 18.8 Å². The average molecular weight is 238 g/mol. The van der Waals surface area contributed by atoms with E-state index in [9.17, 15) is 9.90 Å². The van der Waals surface area contributed by atoms with Crippen LogP contribution in [0.25, 0.3) is 0 Å². The first kappa shape index (κ1) is 12.7. The molecule has 4 heteroatoms. The number of hydrogen-bond donors (Lipinski definition) is 1. The van der Waals surface area contributed by atoms with Gasteiger partial charge in [0, 0.05) is 0 Å². The topological polar surface area (TPSA) is 61.1 Å². The number of carbonyl (C=O) groups is 1. The number of ketones is 1. The molecule has 1 rings (SSSR count). The van der Waals surface area contributed by atoms with Crippen molar-refractivity contribution in [3.63, 3.8) is 0 Å².